The molecular formula is C15H30O5. The van der Waals surface area contributed by atoms with Crippen LogP contribution in [-0.2, 0) is 9.47 Å². The average Bonchev–Trinajstić information content (AvgIpc) is 2.46. The summed E-state index contributed by atoms with van der Waals surface area (Å²) in [4.78, 5) is 0. The molecule has 0 spiro atoms. The van der Waals surface area contributed by atoms with E-state index in [2.05, 4.69) is 6.92 Å². The predicted octanol–water partition coefficient (Wildman–Crippen LogP) is 1.58. The molecule has 5 atom stereocenters. The van der Waals surface area contributed by atoms with E-state index in [4.69, 9.17) is 9.47 Å². The SMILES string of the molecule is CCCCCCCC(CC)O[C@H]1OC[C@@H](O)[C@H](O)[C@H]1O. The zero-order valence-electron chi connectivity index (χ0n) is 12.7. The maximum atomic E-state index is 9.83. The van der Waals surface area contributed by atoms with Gasteiger partial charge in [0.15, 0.2) is 6.29 Å². The molecule has 1 aliphatic rings. The molecule has 0 aromatic heterocycles. The van der Waals surface area contributed by atoms with Gasteiger partial charge in [-0.1, -0.05) is 46.0 Å². The Morgan fingerprint density at radius 3 is 2.40 bits per heavy atom. The molecule has 1 aliphatic heterocycles. The molecule has 1 saturated heterocycles. The summed E-state index contributed by atoms with van der Waals surface area (Å²) in [5, 5.41) is 28.8. The summed E-state index contributed by atoms with van der Waals surface area (Å²) in [5.74, 6) is 0. The van der Waals surface area contributed by atoms with Crippen molar-refractivity contribution >= 4 is 0 Å². The lowest BCUT2D eigenvalue weighted by atomic mass is 10.0. The van der Waals surface area contributed by atoms with Gasteiger partial charge in [0.05, 0.1) is 12.7 Å². The molecule has 0 bridgehead atoms. The van der Waals surface area contributed by atoms with Gasteiger partial charge in [-0.15, -0.1) is 0 Å². The number of unbranched alkanes of at least 4 members (excludes halogenated alkanes) is 4. The number of aliphatic hydroxyl groups excluding tert-OH is 3. The molecule has 0 saturated carbocycles. The van der Waals surface area contributed by atoms with Gasteiger partial charge in [-0.25, -0.2) is 0 Å². The van der Waals surface area contributed by atoms with Crippen molar-refractivity contribution in [2.75, 3.05) is 6.61 Å². The van der Waals surface area contributed by atoms with Gasteiger partial charge in [0, 0.05) is 0 Å². The van der Waals surface area contributed by atoms with Crippen molar-refractivity contribution in [1.82, 2.24) is 0 Å². The Kier molecular flexibility index (Phi) is 8.64. The first-order valence-electron chi connectivity index (χ1n) is 7.91. The Morgan fingerprint density at radius 1 is 1.05 bits per heavy atom. The smallest absolute Gasteiger partial charge is 0.186 e. The van der Waals surface area contributed by atoms with E-state index in [1.165, 1.54) is 25.7 Å². The van der Waals surface area contributed by atoms with Crippen molar-refractivity contribution < 1.29 is 24.8 Å². The third-order valence-corrected chi connectivity index (χ3v) is 3.87. The highest BCUT2D eigenvalue weighted by Gasteiger charge is 2.39. The number of aliphatic hydroxyl groups is 3. The number of ether oxygens (including phenoxy) is 2. The van der Waals surface area contributed by atoms with E-state index in [-0.39, 0.29) is 12.7 Å². The van der Waals surface area contributed by atoms with Gasteiger partial charge in [-0.05, 0) is 12.8 Å². The van der Waals surface area contributed by atoms with Crippen LogP contribution in [0.5, 0.6) is 0 Å². The van der Waals surface area contributed by atoms with Crippen molar-refractivity contribution in [2.24, 2.45) is 0 Å². The standard InChI is InChI=1S/C15H30O5/c1-3-5-6-7-8-9-11(4-2)20-15-14(18)13(17)12(16)10-19-15/h11-18H,3-10H2,1-2H3/t11?,12-,13+,14-,15-/m1/s1. The highest BCUT2D eigenvalue weighted by atomic mass is 16.7. The summed E-state index contributed by atoms with van der Waals surface area (Å²) >= 11 is 0. The van der Waals surface area contributed by atoms with E-state index >= 15 is 0 Å². The van der Waals surface area contributed by atoms with E-state index in [1.807, 2.05) is 6.92 Å². The summed E-state index contributed by atoms with van der Waals surface area (Å²) in [7, 11) is 0. The molecule has 0 aromatic rings. The van der Waals surface area contributed by atoms with Gasteiger partial charge in [0.1, 0.15) is 18.3 Å². The molecule has 0 aromatic carbocycles. The molecule has 0 aliphatic carbocycles. The second kappa shape index (κ2) is 9.68. The quantitative estimate of drug-likeness (QED) is 0.562. The number of hydrogen-bond donors (Lipinski definition) is 3. The highest BCUT2D eigenvalue weighted by molar-refractivity contribution is 4.83. The van der Waals surface area contributed by atoms with Crippen LogP contribution < -0.4 is 0 Å². The molecule has 20 heavy (non-hydrogen) atoms. The minimum atomic E-state index is -1.20. The van der Waals surface area contributed by atoms with Crippen LogP contribution in [0.25, 0.3) is 0 Å². The van der Waals surface area contributed by atoms with Gasteiger partial charge in [-0.3, -0.25) is 0 Å². The minimum Gasteiger partial charge on any atom is -0.388 e. The zero-order valence-corrected chi connectivity index (χ0v) is 12.7. The van der Waals surface area contributed by atoms with E-state index in [0.717, 1.165) is 19.3 Å². The van der Waals surface area contributed by atoms with Crippen molar-refractivity contribution in [3.05, 3.63) is 0 Å². The van der Waals surface area contributed by atoms with Crippen LogP contribution in [0, 0.1) is 0 Å². The van der Waals surface area contributed by atoms with E-state index in [1.54, 1.807) is 0 Å². The molecule has 120 valence electrons. The van der Waals surface area contributed by atoms with Crippen LogP contribution in [0.2, 0.25) is 0 Å². The van der Waals surface area contributed by atoms with Crippen molar-refractivity contribution in [1.29, 1.82) is 0 Å². The summed E-state index contributed by atoms with van der Waals surface area (Å²) in [6.45, 7) is 4.23. The molecule has 1 fully saturated rings. The summed E-state index contributed by atoms with van der Waals surface area (Å²) < 4.78 is 11.0. The van der Waals surface area contributed by atoms with Crippen LogP contribution in [0.15, 0.2) is 0 Å². The predicted molar refractivity (Wildman–Crippen MR) is 76.3 cm³/mol. The lowest BCUT2D eigenvalue weighted by molar-refractivity contribution is -0.283. The zero-order chi connectivity index (χ0) is 15.0. The van der Waals surface area contributed by atoms with Crippen LogP contribution >= 0.6 is 0 Å². The highest BCUT2D eigenvalue weighted by Crippen LogP contribution is 2.21. The van der Waals surface area contributed by atoms with Gasteiger partial charge in [0.2, 0.25) is 0 Å². The third-order valence-electron chi connectivity index (χ3n) is 3.87. The topological polar surface area (TPSA) is 79.2 Å². The van der Waals surface area contributed by atoms with E-state index < -0.39 is 24.6 Å². The maximum Gasteiger partial charge on any atom is 0.186 e. The molecule has 5 heteroatoms. The Labute approximate surface area is 121 Å². The minimum absolute atomic E-state index is 0.00414. The van der Waals surface area contributed by atoms with E-state index in [0.29, 0.717) is 0 Å². The van der Waals surface area contributed by atoms with E-state index in [9.17, 15) is 15.3 Å². The molecule has 5 nitrogen and oxygen atoms in total. The van der Waals surface area contributed by atoms with Crippen LogP contribution in [0.3, 0.4) is 0 Å². The maximum absolute atomic E-state index is 9.83. The Hall–Kier alpha value is -0.200. The fraction of sp³-hybridized carbons (Fsp3) is 1.00. The first-order valence-corrected chi connectivity index (χ1v) is 7.91. The summed E-state index contributed by atoms with van der Waals surface area (Å²) in [5.41, 5.74) is 0. The second-order valence-corrected chi connectivity index (χ2v) is 5.62. The van der Waals surface area contributed by atoms with Gasteiger partial charge >= 0.3 is 0 Å². The molecule has 0 radical (unpaired) electrons. The Balaban J connectivity index is 2.28. The molecule has 1 unspecified atom stereocenters. The van der Waals surface area contributed by atoms with Crippen molar-refractivity contribution in [3.8, 4) is 0 Å². The normalized spacial score (nSPS) is 32.2. The fourth-order valence-electron chi connectivity index (χ4n) is 2.43. The molecule has 0 amide bonds. The lowest BCUT2D eigenvalue weighted by Crippen LogP contribution is -2.54. The van der Waals surface area contributed by atoms with Crippen LogP contribution in [0.4, 0.5) is 0 Å². The van der Waals surface area contributed by atoms with Gasteiger partial charge in [0.25, 0.3) is 0 Å². The average molecular weight is 290 g/mol. The molecule has 1 rings (SSSR count). The first kappa shape index (κ1) is 17.9. The largest absolute Gasteiger partial charge is 0.388 e. The molecule has 3 N–H and O–H groups in total. The summed E-state index contributed by atoms with van der Waals surface area (Å²) in [6.07, 6.45) is 3.60. The third kappa shape index (κ3) is 5.66. The Morgan fingerprint density at radius 2 is 1.75 bits per heavy atom. The lowest BCUT2D eigenvalue weighted by Gasteiger charge is -2.36. The second-order valence-electron chi connectivity index (χ2n) is 5.62. The first-order chi connectivity index (χ1) is 9.60. The fourth-order valence-corrected chi connectivity index (χ4v) is 2.43. The monoisotopic (exact) mass is 290 g/mol. The summed E-state index contributed by atoms with van der Waals surface area (Å²) in [6, 6.07) is 0. The Bertz CT molecular complexity index is 248. The molecule has 1 heterocycles. The van der Waals surface area contributed by atoms with Crippen LogP contribution in [0.1, 0.15) is 58.8 Å². The molecular weight excluding hydrogens is 260 g/mol. The number of rotatable bonds is 9. The van der Waals surface area contributed by atoms with Gasteiger partial charge in [-0.2, -0.15) is 0 Å². The van der Waals surface area contributed by atoms with Crippen molar-refractivity contribution in [2.45, 2.75) is 89.5 Å². The van der Waals surface area contributed by atoms with Crippen molar-refractivity contribution in [3.63, 3.8) is 0 Å². The number of hydrogen-bond acceptors (Lipinski definition) is 5. The van der Waals surface area contributed by atoms with Crippen LogP contribution in [-0.4, -0.2) is 52.6 Å². The van der Waals surface area contributed by atoms with Gasteiger partial charge < -0.3 is 24.8 Å².